The van der Waals surface area contributed by atoms with Crippen LogP contribution in [0.15, 0.2) is 30.8 Å². The van der Waals surface area contributed by atoms with Crippen molar-refractivity contribution >= 4 is 17.5 Å². The van der Waals surface area contributed by atoms with Crippen molar-refractivity contribution in [2.75, 3.05) is 14.2 Å². The largest absolute Gasteiger partial charge is 0.468 e. The van der Waals surface area contributed by atoms with E-state index in [1.807, 2.05) is 24.3 Å². The molecule has 1 aromatic carbocycles. The topological polar surface area (TPSA) is 52.6 Å². The van der Waals surface area contributed by atoms with Crippen molar-refractivity contribution in [3.63, 3.8) is 0 Å². The van der Waals surface area contributed by atoms with Crippen molar-refractivity contribution in [1.29, 1.82) is 0 Å². The lowest BCUT2D eigenvalue weighted by Gasteiger charge is -2.24. The fourth-order valence-corrected chi connectivity index (χ4v) is 2.41. The SMILES string of the molecule is C=C1c2ccccc2CC1(C(=O)OC)C(=O)OC. The third kappa shape index (κ3) is 1.45. The lowest BCUT2D eigenvalue weighted by molar-refractivity contribution is -0.163. The number of hydrogen-bond acceptors (Lipinski definition) is 4. The number of carbonyl (C=O) groups is 2. The summed E-state index contributed by atoms with van der Waals surface area (Å²) < 4.78 is 9.52. The Morgan fingerprint density at radius 1 is 1.17 bits per heavy atom. The first-order chi connectivity index (χ1) is 8.57. The minimum absolute atomic E-state index is 0.237. The Kier molecular flexibility index (Phi) is 2.95. The molecule has 0 saturated heterocycles. The maximum Gasteiger partial charge on any atom is 0.328 e. The van der Waals surface area contributed by atoms with Gasteiger partial charge >= 0.3 is 11.9 Å². The van der Waals surface area contributed by atoms with Gasteiger partial charge in [-0.25, -0.2) is 0 Å². The van der Waals surface area contributed by atoms with Gasteiger partial charge in [0.05, 0.1) is 14.2 Å². The molecule has 0 N–H and O–H groups in total. The molecule has 94 valence electrons. The van der Waals surface area contributed by atoms with Gasteiger partial charge < -0.3 is 9.47 Å². The number of fused-ring (bicyclic) bond motifs is 1. The number of methoxy groups -OCH3 is 2. The van der Waals surface area contributed by atoms with E-state index in [0.717, 1.165) is 11.1 Å². The second kappa shape index (κ2) is 4.29. The zero-order valence-electron chi connectivity index (χ0n) is 10.4. The molecule has 1 aliphatic rings. The summed E-state index contributed by atoms with van der Waals surface area (Å²) >= 11 is 0. The molecule has 0 saturated carbocycles. The Balaban J connectivity index is 2.57. The van der Waals surface area contributed by atoms with Crippen LogP contribution in [-0.4, -0.2) is 26.2 Å². The number of rotatable bonds is 2. The summed E-state index contributed by atoms with van der Waals surface area (Å²) in [4.78, 5) is 24.1. The van der Waals surface area contributed by atoms with Crippen LogP contribution in [0, 0.1) is 5.41 Å². The molecule has 1 aliphatic carbocycles. The van der Waals surface area contributed by atoms with Crippen molar-refractivity contribution in [1.82, 2.24) is 0 Å². The van der Waals surface area contributed by atoms with Crippen LogP contribution < -0.4 is 0 Å². The van der Waals surface area contributed by atoms with E-state index in [1.165, 1.54) is 14.2 Å². The maximum absolute atomic E-state index is 12.0. The van der Waals surface area contributed by atoms with E-state index in [-0.39, 0.29) is 6.42 Å². The van der Waals surface area contributed by atoms with E-state index < -0.39 is 17.4 Å². The molecule has 0 atom stereocenters. The van der Waals surface area contributed by atoms with Gasteiger partial charge in [-0.15, -0.1) is 0 Å². The number of esters is 2. The number of ether oxygens (including phenoxy) is 2. The van der Waals surface area contributed by atoms with Crippen LogP contribution in [0.2, 0.25) is 0 Å². The van der Waals surface area contributed by atoms with Gasteiger partial charge in [0.15, 0.2) is 5.41 Å². The van der Waals surface area contributed by atoms with E-state index in [0.29, 0.717) is 5.57 Å². The van der Waals surface area contributed by atoms with Gasteiger partial charge in [0.1, 0.15) is 0 Å². The molecule has 0 aromatic heterocycles. The predicted octanol–water partition coefficient (Wildman–Crippen LogP) is 1.59. The summed E-state index contributed by atoms with van der Waals surface area (Å²) in [5.74, 6) is -1.26. The first-order valence-electron chi connectivity index (χ1n) is 5.52. The highest BCUT2D eigenvalue weighted by Gasteiger charge is 2.55. The summed E-state index contributed by atoms with van der Waals surface area (Å²) in [7, 11) is 2.51. The predicted molar refractivity (Wildman–Crippen MR) is 65.6 cm³/mol. The Bertz CT molecular complexity index is 514. The molecule has 0 spiro atoms. The Hall–Kier alpha value is -2.10. The van der Waals surface area contributed by atoms with E-state index >= 15 is 0 Å². The molecule has 1 aromatic rings. The highest BCUT2D eigenvalue weighted by atomic mass is 16.5. The Morgan fingerprint density at radius 2 is 1.72 bits per heavy atom. The fourth-order valence-electron chi connectivity index (χ4n) is 2.41. The van der Waals surface area contributed by atoms with Crippen molar-refractivity contribution in [3.8, 4) is 0 Å². The van der Waals surface area contributed by atoms with E-state index in [9.17, 15) is 9.59 Å². The molecule has 0 aliphatic heterocycles. The van der Waals surface area contributed by atoms with E-state index in [1.54, 1.807) is 0 Å². The molecule has 0 amide bonds. The smallest absolute Gasteiger partial charge is 0.328 e. The molecule has 4 nitrogen and oxygen atoms in total. The van der Waals surface area contributed by atoms with Crippen LogP contribution in [0.4, 0.5) is 0 Å². The van der Waals surface area contributed by atoms with Gasteiger partial charge in [-0.05, 0) is 16.7 Å². The lowest BCUT2D eigenvalue weighted by Crippen LogP contribution is -2.41. The highest BCUT2D eigenvalue weighted by Crippen LogP contribution is 2.47. The Labute approximate surface area is 105 Å². The van der Waals surface area contributed by atoms with Gasteiger partial charge in [-0.3, -0.25) is 9.59 Å². The third-order valence-electron chi connectivity index (χ3n) is 3.38. The summed E-state index contributed by atoms with van der Waals surface area (Å²) in [6.45, 7) is 3.89. The monoisotopic (exact) mass is 246 g/mol. The molecule has 0 unspecified atom stereocenters. The van der Waals surface area contributed by atoms with Gasteiger partial charge in [0.25, 0.3) is 0 Å². The molecule has 0 fully saturated rings. The van der Waals surface area contributed by atoms with Crippen LogP contribution in [0.25, 0.3) is 5.57 Å². The first kappa shape index (κ1) is 12.4. The molecule has 2 rings (SSSR count). The molecule has 18 heavy (non-hydrogen) atoms. The minimum atomic E-state index is -1.44. The minimum Gasteiger partial charge on any atom is -0.468 e. The van der Waals surface area contributed by atoms with Crippen LogP contribution in [0.3, 0.4) is 0 Å². The second-order valence-electron chi connectivity index (χ2n) is 4.20. The molecule has 4 heteroatoms. The molecule has 0 heterocycles. The third-order valence-corrected chi connectivity index (χ3v) is 3.38. The Morgan fingerprint density at radius 3 is 2.22 bits per heavy atom. The van der Waals surface area contributed by atoms with E-state index in [2.05, 4.69) is 6.58 Å². The van der Waals surface area contributed by atoms with Crippen molar-refractivity contribution < 1.29 is 19.1 Å². The normalized spacial score (nSPS) is 16.0. The van der Waals surface area contributed by atoms with Gasteiger partial charge in [0.2, 0.25) is 0 Å². The summed E-state index contributed by atoms with van der Waals surface area (Å²) in [6, 6.07) is 7.41. The first-order valence-corrected chi connectivity index (χ1v) is 5.52. The summed E-state index contributed by atoms with van der Waals surface area (Å²) in [5, 5.41) is 0. The van der Waals surface area contributed by atoms with Gasteiger partial charge in [-0.1, -0.05) is 30.8 Å². The number of carbonyl (C=O) groups excluding carboxylic acids is 2. The number of hydrogen-bond donors (Lipinski definition) is 0. The molecule has 0 radical (unpaired) electrons. The van der Waals surface area contributed by atoms with Crippen LogP contribution in [0.5, 0.6) is 0 Å². The average molecular weight is 246 g/mol. The maximum atomic E-state index is 12.0. The number of benzene rings is 1. The average Bonchev–Trinajstić information content (AvgIpc) is 2.72. The fraction of sp³-hybridized carbons (Fsp3) is 0.286. The summed E-state index contributed by atoms with van der Waals surface area (Å²) in [6.07, 6.45) is 0.237. The zero-order chi connectivity index (χ0) is 13.3. The second-order valence-corrected chi connectivity index (χ2v) is 4.20. The van der Waals surface area contributed by atoms with Crippen molar-refractivity contribution in [2.45, 2.75) is 6.42 Å². The molecular weight excluding hydrogens is 232 g/mol. The van der Waals surface area contributed by atoms with Crippen LogP contribution >= 0.6 is 0 Å². The lowest BCUT2D eigenvalue weighted by atomic mass is 9.81. The highest BCUT2D eigenvalue weighted by molar-refractivity contribution is 6.14. The van der Waals surface area contributed by atoms with Crippen LogP contribution in [0.1, 0.15) is 11.1 Å². The molecular formula is C14H14O4. The summed E-state index contributed by atoms with van der Waals surface area (Å²) in [5.41, 5.74) is 0.719. The quantitative estimate of drug-likeness (QED) is 0.587. The van der Waals surface area contributed by atoms with Crippen molar-refractivity contribution in [2.24, 2.45) is 5.41 Å². The molecule has 0 bridgehead atoms. The van der Waals surface area contributed by atoms with Crippen LogP contribution in [-0.2, 0) is 25.5 Å². The van der Waals surface area contributed by atoms with E-state index in [4.69, 9.17) is 9.47 Å². The van der Waals surface area contributed by atoms with Gasteiger partial charge in [0, 0.05) is 6.42 Å². The van der Waals surface area contributed by atoms with Gasteiger partial charge in [-0.2, -0.15) is 0 Å². The standard InChI is InChI=1S/C14H14O4/c1-9-11-7-5-4-6-10(11)8-14(9,12(15)17-2)13(16)18-3/h4-7H,1,8H2,2-3H3. The van der Waals surface area contributed by atoms with Crippen molar-refractivity contribution in [3.05, 3.63) is 42.0 Å². The zero-order valence-corrected chi connectivity index (χ0v) is 10.4.